The first kappa shape index (κ1) is 26.2. The van der Waals surface area contributed by atoms with E-state index in [4.69, 9.17) is 4.18 Å². The zero-order valence-electron chi connectivity index (χ0n) is 19.2. The van der Waals surface area contributed by atoms with E-state index in [2.05, 4.69) is 20.8 Å². The summed E-state index contributed by atoms with van der Waals surface area (Å²) in [5, 5.41) is 0. The number of hydrogen-bond donors (Lipinski definition) is 0. The van der Waals surface area contributed by atoms with Crippen LogP contribution in [-0.4, -0.2) is 14.5 Å². The molecule has 0 spiro atoms. The maximum atomic E-state index is 12.5. The lowest BCUT2D eigenvalue weighted by molar-refractivity contribution is 0.109. The first-order valence-electron chi connectivity index (χ1n) is 11.9. The fourth-order valence-corrected chi connectivity index (χ4v) is 5.15. The maximum absolute atomic E-state index is 12.5. The Hall–Kier alpha value is -0.870. The van der Waals surface area contributed by atoms with Gasteiger partial charge in [-0.05, 0) is 30.4 Å². The lowest BCUT2D eigenvalue weighted by Gasteiger charge is -2.28. The van der Waals surface area contributed by atoms with Crippen molar-refractivity contribution in [3.05, 3.63) is 30.3 Å². The molecular weight excluding hydrogens is 380 g/mol. The Labute approximate surface area is 180 Å². The quantitative estimate of drug-likeness (QED) is 0.190. The second kappa shape index (κ2) is 15.0. The molecule has 0 heterocycles. The van der Waals surface area contributed by atoms with E-state index in [1.165, 1.54) is 64.2 Å². The van der Waals surface area contributed by atoms with Gasteiger partial charge in [0.25, 0.3) is 10.1 Å². The highest BCUT2D eigenvalue weighted by Crippen LogP contribution is 2.28. The van der Waals surface area contributed by atoms with Crippen LogP contribution in [0.25, 0.3) is 0 Å². The topological polar surface area (TPSA) is 43.4 Å². The SMILES string of the molecule is CCCCCCCCCCCCC(C)C(C)C(CC)OS(=O)(=O)c1ccccc1. The fourth-order valence-electron chi connectivity index (χ4n) is 3.92. The third-order valence-electron chi connectivity index (χ3n) is 6.18. The van der Waals surface area contributed by atoms with Crippen LogP contribution < -0.4 is 0 Å². The highest BCUT2D eigenvalue weighted by Gasteiger charge is 2.27. The Bertz CT molecular complexity index is 612. The van der Waals surface area contributed by atoms with Gasteiger partial charge in [-0.2, -0.15) is 8.42 Å². The summed E-state index contributed by atoms with van der Waals surface area (Å²) in [4.78, 5) is 0.244. The van der Waals surface area contributed by atoms with Gasteiger partial charge >= 0.3 is 0 Å². The molecule has 3 nitrogen and oxygen atoms in total. The monoisotopic (exact) mass is 424 g/mol. The zero-order valence-corrected chi connectivity index (χ0v) is 20.1. The summed E-state index contributed by atoms with van der Waals surface area (Å²) in [5.41, 5.74) is 0. The third-order valence-corrected chi connectivity index (χ3v) is 7.53. The molecule has 0 aromatic heterocycles. The van der Waals surface area contributed by atoms with Crippen molar-refractivity contribution in [2.45, 2.75) is 116 Å². The third kappa shape index (κ3) is 10.6. The molecule has 0 radical (unpaired) electrons. The van der Waals surface area contributed by atoms with Gasteiger partial charge in [-0.15, -0.1) is 0 Å². The summed E-state index contributed by atoms with van der Waals surface area (Å²) >= 11 is 0. The molecule has 0 fully saturated rings. The largest absolute Gasteiger partial charge is 0.297 e. The van der Waals surface area contributed by atoms with Crippen molar-refractivity contribution in [1.29, 1.82) is 0 Å². The van der Waals surface area contributed by atoms with Gasteiger partial charge in [-0.3, -0.25) is 4.18 Å². The fraction of sp³-hybridized carbons (Fsp3) is 0.760. The standard InChI is InChI=1S/C25H44O3S/c1-5-7-8-9-10-11-12-13-14-16-19-22(3)23(4)25(6-2)28-29(26,27)24-20-17-15-18-21-24/h15,17-18,20-23,25H,5-14,16,19H2,1-4H3. The molecule has 3 unspecified atom stereocenters. The molecule has 0 bridgehead atoms. The molecule has 0 saturated carbocycles. The Balaban J connectivity index is 2.29. The highest BCUT2D eigenvalue weighted by molar-refractivity contribution is 7.86. The van der Waals surface area contributed by atoms with Crippen LogP contribution in [0.1, 0.15) is 105 Å². The van der Waals surface area contributed by atoms with Crippen LogP contribution in [0.15, 0.2) is 35.2 Å². The van der Waals surface area contributed by atoms with E-state index in [0.29, 0.717) is 12.3 Å². The lowest BCUT2D eigenvalue weighted by atomic mass is 9.85. The normalized spacial score (nSPS) is 15.2. The average Bonchev–Trinajstić information content (AvgIpc) is 2.73. The first-order chi connectivity index (χ1) is 13.9. The van der Waals surface area contributed by atoms with Gasteiger partial charge in [0, 0.05) is 0 Å². The Morgan fingerprint density at radius 1 is 0.793 bits per heavy atom. The smallest absolute Gasteiger partial charge is 0.263 e. The Kier molecular flexibility index (Phi) is 13.5. The molecule has 0 aliphatic rings. The van der Waals surface area contributed by atoms with E-state index in [0.717, 1.165) is 6.42 Å². The zero-order chi connectivity index (χ0) is 21.5. The van der Waals surface area contributed by atoms with Crippen molar-refractivity contribution in [3.63, 3.8) is 0 Å². The van der Waals surface area contributed by atoms with Gasteiger partial charge in [-0.25, -0.2) is 0 Å². The maximum Gasteiger partial charge on any atom is 0.297 e. The molecule has 168 valence electrons. The van der Waals surface area contributed by atoms with E-state index >= 15 is 0 Å². The minimum atomic E-state index is -3.69. The van der Waals surface area contributed by atoms with Gasteiger partial charge in [0.05, 0.1) is 11.0 Å². The van der Waals surface area contributed by atoms with Crippen LogP contribution in [-0.2, 0) is 14.3 Å². The van der Waals surface area contributed by atoms with Crippen molar-refractivity contribution < 1.29 is 12.6 Å². The number of benzene rings is 1. The van der Waals surface area contributed by atoms with Crippen LogP contribution in [0.4, 0.5) is 0 Å². The van der Waals surface area contributed by atoms with Crippen LogP contribution >= 0.6 is 0 Å². The van der Waals surface area contributed by atoms with Crippen molar-refractivity contribution >= 4 is 10.1 Å². The molecule has 1 rings (SSSR count). The summed E-state index contributed by atoms with van der Waals surface area (Å²) in [6.45, 7) is 8.64. The van der Waals surface area contributed by atoms with E-state index in [1.54, 1.807) is 24.3 Å². The minimum Gasteiger partial charge on any atom is -0.263 e. The highest BCUT2D eigenvalue weighted by atomic mass is 32.2. The van der Waals surface area contributed by atoms with Gasteiger partial charge < -0.3 is 0 Å². The van der Waals surface area contributed by atoms with Gasteiger partial charge in [0.15, 0.2) is 0 Å². The molecule has 0 amide bonds. The first-order valence-corrected chi connectivity index (χ1v) is 13.3. The molecule has 29 heavy (non-hydrogen) atoms. The van der Waals surface area contributed by atoms with Crippen molar-refractivity contribution in [2.24, 2.45) is 11.8 Å². The average molecular weight is 425 g/mol. The molecular formula is C25H44O3S. The summed E-state index contributed by atoms with van der Waals surface area (Å²) < 4.78 is 30.7. The van der Waals surface area contributed by atoms with Crippen molar-refractivity contribution in [2.75, 3.05) is 0 Å². The summed E-state index contributed by atoms with van der Waals surface area (Å²) in [6, 6.07) is 8.47. The van der Waals surface area contributed by atoms with Gasteiger partial charge in [-0.1, -0.05) is 117 Å². The van der Waals surface area contributed by atoms with E-state index in [9.17, 15) is 8.42 Å². The molecule has 0 aliphatic carbocycles. The Morgan fingerprint density at radius 3 is 1.83 bits per heavy atom. The molecule has 1 aromatic rings. The number of hydrogen-bond acceptors (Lipinski definition) is 3. The molecule has 1 aromatic carbocycles. The predicted molar refractivity (Wildman–Crippen MR) is 124 cm³/mol. The van der Waals surface area contributed by atoms with Crippen LogP contribution in [0, 0.1) is 11.8 Å². The molecule has 0 saturated heterocycles. The van der Waals surface area contributed by atoms with E-state index < -0.39 is 10.1 Å². The van der Waals surface area contributed by atoms with Crippen LogP contribution in [0.5, 0.6) is 0 Å². The molecule has 0 aliphatic heterocycles. The molecule has 0 N–H and O–H groups in total. The number of rotatable bonds is 17. The molecule has 3 atom stereocenters. The minimum absolute atomic E-state index is 0.219. The van der Waals surface area contributed by atoms with Crippen LogP contribution in [0.2, 0.25) is 0 Å². The second-order valence-electron chi connectivity index (χ2n) is 8.62. The van der Waals surface area contributed by atoms with Crippen LogP contribution in [0.3, 0.4) is 0 Å². The lowest BCUT2D eigenvalue weighted by Crippen LogP contribution is -2.29. The van der Waals surface area contributed by atoms with E-state index in [-0.39, 0.29) is 16.9 Å². The van der Waals surface area contributed by atoms with Gasteiger partial charge in [0.1, 0.15) is 0 Å². The summed E-state index contributed by atoms with van der Waals surface area (Å²) in [5.74, 6) is 0.678. The summed E-state index contributed by atoms with van der Waals surface area (Å²) in [7, 11) is -3.69. The van der Waals surface area contributed by atoms with Crippen molar-refractivity contribution in [3.8, 4) is 0 Å². The van der Waals surface area contributed by atoms with Gasteiger partial charge in [0.2, 0.25) is 0 Å². The predicted octanol–water partition coefficient (Wildman–Crippen LogP) is 7.75. The van der Waals surface area contributed by atoms with E-state index in [1.807, 2.05) is 13.0 Å². The van der Waals surface area contributed by atoms with Crippen molar-refractivity contribution in [1.82, 2.24) is 0 Å². The summed E-state index contributed by atoms with van der Waals surface area (Å²) in [6.07, 6.45) is 15.0. The number of unbranched alkanes of at least 4 members (excludes halogenated alkanes) is 9. The molecule has 4 heteroatoms. The Morgan fingerprint density at radius 2 is 1.31 bits per heavy atom. The second-order valence-corrected chi connectivity index (χ2v) is 10.2.